The van der Waals surface area contributed by atoms with Crippen LogP contribution in [0.5, 0.6) is 0 Å². The lowest BCUT2D eigenvalue weighted by molar-refractivity contribution is -0.137. The number of fused-ring (bicyclic) bond motifs is 1. The summed E-state index contributed by atoms with van der Waals surface area (Å²) < 4.78 is 3.09. The lowest BCUT2D eigenvalue weighted by Gasteiger charge is -1.99. The fraction of sp³-hybridized carbons (Fsp3) is 0.111. The van der Waals surface area contributed by atoms with Crippen molar-refractivity contribution in [2.45, 2.75) is 6.54 Å². The van der Waals surface area contributed by atoms with Gasteiger partial charge < -0.3 is 5.11 Å². The summed E-state index contributed by atoms with van der Waals surface area (Å²) in [6.45, 7) is -0.279. The summed E-state index contributed by atoms with van der Waals surface area (Å²) >= 11 is 3.20. The molecule has 0 aliphatic carbocycles. The van der Waals surface area contributed by atoms with Crippen LogP contribution in [0.25, 0.3) is 10.2 Å². The van der Waals surface area contributed by atoms with Crippen molar-refractivity contribution in [3.05, 3.63) is 31.4 Å². The molecule has 0 aliphatic rings. The van der Waals surface area contributed by atoms with E-state index in [1.54, 1.807) is 0 Å². The molecule has 0 radical (unpaired) electrons. The van der Waals surface area contributed by atoms with E-state index < -0.39 is 5.97 Å². The van der Waals surface area contributed by atoms with E-state index in [9.17, 15) is 9.59 Å². The number of nitrogens with zero attached hydrogens (tertiary/aromatic N) is 1. The van der Waals surface area contributed by atoms with Crippen molar-refractivity contribution >= 4 is 50.1 Å². The average Bonchev–Trinajstić information content (AvgIpc) is 2.43. The molecule has 0 saturated heterocycles. The quantitative estimate of drug-likeness (QED) is 0.851. The number of aliphatic carboxylic acids is 1. The number of carboxylic acids is 1. The highest BCUT2D eigenvalue weighted by atomic mass is 127. The summed E-state index contributed by atoms with van der Waals surface area (Å²) in [5.74, 6) is -1.00. The van der Waals surface area contributed by atoms with Crippen LogP contribution in [0.3, 0.4) is 0 Å². The molecule has 0 aliphatic heterocycles. The van der Waals surface area contributed by atoms with Gasteiger partial charge in [-0.3, -0.25) is 14.2 Å². The Balaban J connectivity index is 2.70. The van der Waals surface area contributed by atoms with Crippen LogP contribution in [0.2, 0.25) is 0 Å². The van der Waals surface area contributed by atoms with Crippen molar-refractivity contribution < 1.29 is 9.90 Å². The SMILES string of the molecule is O=C(O)Cn1c(=O)sc2ccc(I)cc21. The predicted molar refractivity (Wildman–Crippen MR) is 66.4 cm³/mol. The lowest BCUT2D eigenvalue weighted by atomic mass is 10.3. The smallest absolute Gasteiger partial charge is 0.323 e. The van der Waals surface area contributed by atoms with Gasteiger partial charge in [0, 0.05) is 3.57 Å². The first kappa shape index (κ1) is 10.6. The molecular weight excluding hydrogens is 329 g/mol. The number of hydrogen-bond acceptors (Lipinski definition) is 3. The summed E-state index contributed by atoms with van der Waals surface area (Å²) in [5.41, 5.74) is 0.694. The number of thiazole rings is 1. The highest BCUT2D eigenvalue weighted by molar-refractivity contribution is 14.1. The molecule has 2 aromatic rings. The Morgan fingerprint density at radius 1 is 1.53 bits per heavy atom. The van der Waals surface area contributed by atoms with Crippen LogP contribution >= 0.6 is 33.9 Å². The molecule has 0 saturated carbocycles. The summed E-state index contributed by atoms with van der Waals surface area (Å²) in [4.78, 5) is 21.9. The zero-order valence-electron chi connectivity index (χ0n) is 7.44. The van der Waals surface area contributed by atoms with Crippen LogP contribution in [0.4, 0.5) is 0 Å². The molecule has 1 aromatic carbocycles. The molecule has 2 rings (SSSR count). The number of rotatable bonds is 2. The van der Waals surface area contributed by atoms with Gasteiger partial charge in [0.1, 0.15) is 6.54 Å². The topological polar surface area (TPSA) is 59.3 Å². The molecular formula is C9H6INO3S. The Kier molecular flexibility index (Phi) is 2.79. The minimum Gasteiger partial charge on any atom is -0.480 e. The zero-order chi connectivity index (χ0) is 11.0. The largest absolute Gasteiger partial charge is 0.480 e. The molecule has 0 atom stereocenters. The second-order valence-electron chi connectivity index (χ2n) is 2.96. The number of carboxylic acid groups (broad SMARTS) is 1. The molecule has 0 amide bonds. The van der Waals surface area contributed by atoms with Crippen molar-refractivity contribution in [3.8, 4) is 0 Å². The third-order valence-corrected chi connectivity index (χ3v) is 3.55. The van der Waals surface area contributed by atoms with Gasteiger partial charge in [0.05, 0.1) is 10.2 Å². The minimum absolute atomic E-state index is 0.227. The molecule has 1 N–H and O–H groups in total. The van der Waals surface area contributed by atoms with Crippen molar-refractivity contribution in [2.75, 3.05) is 0 Å². The Hall–Kier alpha value is -0.890. The van der Waals surface area contributed by atoms with Gasteiger partial charge in [0.15, 0.2) is 0 Å². The van der Waals surface area contributed by atoms with Crippen molar-refractivity contribution in [2.24, 2.45) is 0 Å². The maximum atomic E-state index is 11.5. The zero-order valence-corrected chi connectivity index (χ0v) is 10.4. The Bertz CT molecular complexity index is 587. The van der Waals surface area contributed by atoms with Crippen LogP contribution in [0, 0.1) is 3.57 Å². The van der Waals surface area contributed by atoms with Crippen molar-refractivity contribution in [1.29, 1.82) is 0 Å². The highest BCUT2D eigenvalue weighted by Crippen LogP contribution is 2.19. The van der Waals surface area contributed by atoms with Crippen LogP contribution in [0.15, 0.2) is 23.0 Å². The van der Waals surface area contributed by atoms with Gasteiger partial charge in [-0.2, -0.15) is 0 Å². The first-order valence-electron chi connectivity index (χ1n) is 4.08. The molecule has 78 valence electrons. The summed E-state index contributed by atoms with van der Waals surface area (Å²) in [6, 6.07) is 5.54. The second kappa shape index (κ2) is 3.93. The monoisotopic (exact) mass is 335 g/mol. The van der Waals surface area contributed by atoms with E-state index in [-0.39, 0.29) is 11.4 Å². The summed E-state index contributed by atoms with van der Waals surface area (Å²) in [7, 11) is 0. The normalized spacial score (nSPS) is 10.7. The molecule has 4 nitrogen and oxygen atoms in total. The van der Waals surface area contributed by atoms with Gasteiger partial charge in [-0.25, -0.2) is 0 Å². The predicted octanol–water partition coefficient (Wildman–Crippen LogP) is 1.75. The maximum absolute atomic E-state index is 11.5. The lowest BCUT2D eigenvalue weighted by Crippen LogP contribution is -2.18. The van der Waals surface area contributed by atoms with E-state index in [1.807, 2.05) is 18.2 Å². The Morgan fingerprint density at radius 3 is 2.93 bits per heavy atom. The molecule has 6 heteroatoms. The van der Waals surface area contributed by atoms with Gasteiger partial charge >= 0.3 is 10.8 Å². The van der Waals surface area contributed by atoms with Crippen LogP contribution in [0.1, 0.15) is 0 Å². The first-order chi connectivity index (χ1) is 7.08. The van der Waals surface area contributed by atoms with Crippen LogP contribution in [-0.2, 0) is 11.3 Å². The van der Waals surface area contributed by atoms with Crippen molar-refractivity contribution in [1.82, 2.24) is 4.57 Å². The average molecular weight is 335 g/mol. The van der Waals surface area contributed by atoms with Crippen molar-refractivity contribution in [3.63, 3.8) is 0 Å². The van der Waals surface area contributed by atoms with E-state index in [2.05, 4.69) is 22.6 Å². The van der Waals surface area contributed by atoms with E-state index in [0.29, 0.717) is 5.52 Å². The van der Waals surface area contributed by atoms with Gasteiger partial charge in [-0.15, -0.1) is 0 Å². The molecule has 0 spiro atoms. The van der Waals surface area contributed by atoms with Gasteiger partial charge in [0.2, 0.25) is 0 Å². The third-order valence-electron chi connectivity index (χ3n) is 1.92. The number of aromatic nitrogens is 1. The molecule has 0 unspecified atom stereocenters. The number of carbonyl (C=O) groups is 1. The van der Waals surface area contributed by atoms with E-state index in [4.69, 9.17) is 5.11 Å². The molecule has 0 bridgehead atoms. The van der Waals surface area contributed by atoms with E-state index in [0.717, 1.165) is 19.6 Å². The fourth-order valence-corrected chi connectivity index (χ4v) is 2.67. The molecule has 1 heterocycles. The van der Waals surface area contributed by atoms with Gasteiger partial charge in [0.25, 0.3) is 0 Å². The number of hydrogen-bond donors (Lipinski definition) is 1. The van der Waals surface area contributed by atoms with Gasteiger partial charge in [-0.05, 0) is 40.8 Å². The second-order valence-corrected chi connectivity index (χ2v) is 5.20. The third kappa shape index (κ3) is 2.05. The number of halogens is 1. The molecule has 1 aromatic heterocycles. The van der Waals surface area contributed by atoms with E-state index in [1.165, 1.54) is 4.57 Å². The summed E-state index contributed by atoms with van der Waals surface area (Å²) in [5, 5.41) is 8.68. The Morgan fingerprint density at radius 2 is 2.27 bits per heavy atom. The van der Waals surface area contributed by atoms with E-state index >= 15 is 0 Å². The molecule has 15 heavy (non-hydrogen) atoms. The number of benzene rings is 1. The highest BCUT2D eigenvalue weighted by Gasteiger charge is 2.10. The molecule has 0 fully saturated rings. The Labute approximate surface area is 102 Å². The summed E-state index contributed by atoms with van der Waals surface area (Å²) in [6.07, 6.45) is 0. The first-order valence-corrected chi connectivity index (χ1v) is 5.98. The van der Waals surface area contributed by atoms with Gasteiger partial charge in [-0.1, -0.05) is 11.3 Å². The standard InChI is InChI=1S/C9H6INO3S/c10-5-1-2-7-6(3-5)11(4-8(12)13)9(14)15-7/h1-3H,4H2,(H,12,13). The fourth-order valence-electron chi connectivity index (χ4n) is 1.32. The van der Waals surface area contributed by atoms with Crippen LogP contribution < -0.4 is 4.87 Å². The van der Waals surface area contributed by atoms with Crippen LogP contribution in [-0.4, -0.2) is 15.6 Å². The maximum Gasteiger partial charge on any atom is 0.323 e. The minimum atomic E-state index is -1.00.